The minimum atomic E-state index is 0.841. The Kier molecular flexibility index (Phi) is 6.15. The largest absolute Gasteiger partial charge is 0.330 e. The molecule has 2 fully saturated rings. The van der Waals surface area contributed by atoms with E-state index in [4.69, 9.17) is 5.73 Å². The van der Waals surface area contributed by atoms with E-state index < -0.39 is 0 Å². The molecule has 2 heteroatoms. The summed E-state index contributed by atoms with van der Waals surface area (Å²) in [6, 6.07) is 1.70. The zero-order valence-electron chi connectivity index (χ0n) is 13.1. The van der Waals surface area contributed by atoms with E-state index in [0.29, 0.717) is 0 Å². The summed E-state index contributed by atoms with van der Waals surface area (Å²) in [7, 11) is 0. The second kappa shape index (κ2) is 7.64. The van der Waals surface area contributed by atoms with Gasteiger partial charge in [0.05, 0.1) is 0 Å². The van der Waals surface area contributed by atoms with Crippen LogP contribution in [0.4, 0.5) is 0 Å². The van der Waals surface area contributed by atoms with Crippen LogP contribution in [-0.4, -0.2) is 30.1 Å². The molecule has 112 valence electrons. The van der Waals surface area contributed by atoms with Gasteiger partial charge in [0.15, 0.2) is 0 Å². The van der Waals surface area contributed by atoms with Gasteiger partial charge in [-0.25, -0.2) is 0 Å². The predicted molar refractivity (Wildman–Crippen MR) is 83.2 cm³/mol. The average Bonchev–Trinajstić information content (AvgIpc) is 2.39. The Labute approximate surface area is 120 Å². The van der Waals surface area contributed by atoms with E-state index in [1.165, 1.54) is 64.3 Å². The van der Waals surface area contributed by atoms with E-state index in [-0.39, 0.29) is 0 Å². The second-order valence-corrected chi connectivity index (χ2v) is 7.24. The summed E-state index contributed by atoms with van der Waals surface area (Å²) < 4.78 is 0. The molecule has 0 amide bonds. The lowest BCUT2D eigenvalue weighted by atomic mass is 9.78. The Morgan fingerprint density at radius 1 is 0.895 bits per heavy atom. The van der Waals surface area contributed by atoms with Crippen LogP contribution in [-0.2, 0) is 0 Å². The highest BCUT2D eigenvalue weighted by Gasteiger charge is 2.32. The van der Waals surface area contributed by atoms with Crippen molar-refractivity contribution < 1.29 is 0 Å². The number of hydrogen-bond acceptors (Lipinski definition) is 2. The van der Waals surface area contributed by atoms with Crippen LogP contribution >= 0.6 is 0 Å². The monoisotopic (exact) mass is 266 g/mol. The molecule has 0 aromatic carbocycles. The second-order valence-electron chi connectivity index (χ2n) is 7.24. The van der Waals surface area contributed by atoms with Crippen molar-refractivity contribution in [1.82, 2.24) is 4.90 Å². The summed E-state index contributed by atoms with van der Waals surface area (Å²) in [5, 5.41) is 0. The third-order valence-electron chi connectivity index (χ3n) is 5.29. The molecule has 2 nitrogen and oxygen atoms in total. The van der Waals surface area contributed by atoms with Gasteiger partial charge in [0.1, 0.15) is 0 Å². The first-order valence-electron chi connectivity index (χ1n) is 8.66. The molecule has 0 bridgehead atoms. The fourth-order valence-corrected chi connectivity index (χ4v) is 4.53. The van der Waals surface area contributed by atoms with Gasteiger partial charge in [-0.05, 0) is 63.5 Å². The van der Waals surface area contributed by atoms with Crippen LogP contribution in [0, 0.1) is 11.8 Å². The maximum Gasteiger partial charge on any atom is 0.0103 e. The standard InChI is InChI=1S/C17H34N2/c1-14-11-15(2)13-17(12-14)19(10-6-9-18)16-7-4-3-5-8-16/h14-17H,3-13,18H2,1-2H3. The third kappa shape index (κ3) is 4.46. The van der Waals surface area contributed by atoms with Crippen molar-refractivity contribution in [2.24, 2.45) is 17.6 Å². The molecule has 0 saturated heterocycles. The molecule has 2 N–H and O–H groups in total. The Bertz CT molecular complexity index is 238. The van der Waals surface area contributed by atoms with Crippen molar-refractivity contribution in [1.29, 1.82) is 0 Å². The molecule has 2 atom stereocenters. The van der Waals surface area contributed by atoms with Crippen LogP contribution in [0.3, 0.4) is 0 Å². The molecule has 2 aliphatic rings. The first-order valence-corrected chi connectivity index (χ1v) is 8.66. The fraction of sp³-hybridized carbons (Fsp3) is 1.00. The van der Waals surface area contributed by atoms with Gasteiger partial charge in [0.25, 0.3) is 0 Å². The Morgan fingerprint density at radius 3 is 2.11 bits per heavy atom. The van der Waals surface area contributed by atoms with Crippen LogP contribution in [0.2, 0.25) is 0 Å². The van der Waals surface area contributed by atoms with E-state index >= 15 is 0 Å². The molecule has 0 aromatic heterocycles. The lowest BCUT2D eigenvalue weighted by Crippen LogP contribution is -2.48. The fourth-order valence-electron chi connectivity index (χ4n) is 4.53. The molecule has 2 aliphatic carbocycles. The van der Waals surface area contributed by atoms with Gasteiger partial charge in [-0.2, -0.15) is 0 Å². The number of hydrogen-bond donors (Lipinski definition) is 1. The van der Waals surface area contributed by atoms with Crippen LogP contribution in [0.5, 0.6) is 0 Å². The van der Waals surface area contributed by atoms with E-state index in [2.05, 4.69) is 18.7 Å². The first-order chi connectivity index (χ1) is 9.20. The molecule has 2 unspecified atom stereocenters. The molecular weight excluding hydrogens is 232 g/mol. The maximum atomic E-state index is 5.76. The molecule has 19 heavy (non-hydrogen) atoms. The Hall–Kier alpha value is -0.0800. The smallest absolute Gasteiger partial charge is 0.0103 e. The maximum absolute atomic E-state index is 5.76. The SMILES string of the molecule is CC1CC(C)CC(N(CCCN)C2CCCCC2)C1. The van der Waals surface area contributed by atoms with Gasteiger partial charge < -0.3 is 5.73 Å². The lowest BCUT2D eigenvalue weighted by molar-refractivity contribution is 0.0533. The van der Waals surface area contributed by atoms with Crippen molar-refractivity contribution >= 4 is 0 Å². The minimum absolute atomic E-state index is 0.841. The highest BCUT2D eigenvalue weighted by molar-refractivity contribution is 4.87. The average molecular weight is 266 g/mol. The number of rotatable bonds is 5. The van der Waals surface area contributed by atoms with E-state index in [1.807, 2.05) is 0 Å². The predicted octanol–water partition coefficient (Wildman–Crippen LogP) is 3.79. The van der Waals surface area contributed by atoms with Crippen LogP contribution in [0.1, 0.15) is 71.6 Å². The summed E-state index contributed by atoms with van der Waals surface area (Å²) in [5.41, 5.74) is 5.76. The molecular formula is C17H34N2. The van der Waals surface area contributed by atoms with Gasteiger partial charge in [-0.15, -0.1) is 0 Å². The van der Waals surface area contributed by atoms with Crippen LogP contribution < -0.4 is 5.73 Å². The molecule has 2 rings (SSSR count). The zero-order valence-corrected chi connectivity index (χ0v) is 13.1. The topological polar surface area (TPSA) is 29.3 Å². The van der Waals surface area contributed by atoms with Crippen molar-refractivity contribution in [2.45, 2.75) is 83.7 Å². The molecule has 0 radical (unpaired) electrons. The first kappa shape index (κ1) is 15.3. The molecule has 0 spiro atoms. The molecule has 2 saturated carbocycles. The highest BCUT2D eigenvalue weighted by atomic mass is 15.2. The van der Waals surface area contributed by atoms with Crippen molar-refractivity contribution in [3.63, 3.8) is 0 Å². The van der Waals surface area contributed by atoms with Crippen LogP contribution in [0.25, 0.3) is 0 Å². The summed E-state index contributed by atoms with van der Waals surface area (Å²) in [6.07, 6.45) is 12.7. The number of nitrogens with zero attached hydrogens (tertiary/aromatic N) is 1. The quantitative estimate of drug-likeness (QED) is 0.820. The van der Waals surface area contributed by atoms with Gasteiger partial charge in [0, 0.05) is 12.1 Å². The Balaban J connectivity index is 1.98. The van der Waals surface area contributed by atoms with Crippen molar-refractivity contribution in [2.75, 3.05) is 13.1 Å². The van der Waals surface area contributed by atoms with Gasteiger partial charge in [-0.1, -0.05) is 33.1 Å². The van der Waals surface area contributed by atoms with E-state index in [1.54, 1.807) is 0 Å². The third-order valence-corrected chi connectivity index (χ3v) is 5.29. The summed E-state index contributed by atoms with van der Waals surface area (Å²) in [5.74, 6) is 1.83. The van der Waals surface area contributed by atoms with Crippen molar-refractivity contribution in [3.05, 3.63) is 0 Å². The van der Waals surface area contributed by atoms with Crippen molar-refractivity contribution in [3.8, 4) is 0 Å². The summed E-state index contributed by atoms with van der Waals surface area (Å²) in [4.78, 5) is 2.87. The Morgan fingerprint density at radius 2 is 1.53 bits per heavy atom. The van der Waals surface area contributed by atoms with E-state index in [9.17, 15) is 0 Å². The van der Waals surface area contributed by atoms with E-state index in [0.717, 1.165) is 30.5 Å². The van der Waals surface area contributed by atoms with Gasteiger partial charge in [-0.3, -0.25) is 4.90 Å². The molecule has 0 aromatic rings. The summed E-state index contributed by atoms with van der Waals surface area (Å²) >= 11 is 0. The van der Waals surface area contributed by atoms with Gasteiger partial charge in [0.2, 0.25) is 0 Å². The zero-order chi connectivity index (χ0) is 13.7. The van der Waals surface area contributed by atoms with Crippen LogP contribution in [0.15, 0.2) is 0 Å². The summed E-state index contributed by atoms with van der Waals surface area (Å²) in [6.45, 7) is 6.99. The lowest BCUT2D eigenvalue weighted by Gasteiger charge is -2.44. The normalized spacial score (nSPS) is 33.8. The highest BCUT2D eigenvalue weighted by Crippen LogP contribution is 2.35. The van der Waals surface area contributed by atoms with Gasteiger partial charge >= 0.3 is 0 Å². The minimum Gasteiger partial charge on any atom is -0.330 e. The molecule has 0 aliphatic heterocycles. The molecule has 0 heterocycles. The number of nitrogens with two attached hydrogens (primary N) is 1.